The molecule has 0 N–H and O–H groups in total. The van der Waals surface area contributed by atoms with Gasteiger partial charge in [-0.1, -0.05) is 82.3 Å². The van der Waals surface area contributed by atoms with Gasteiger partial charge in [-0.15, -0.1) is 0 Å². The summed E-state index contributed by atoms with van der Waals surface area (Å²) in [5.74, 6) is -0.360. The number of alkyl halides is 1. The van der Waals surface area contributed by atoms with Crippen LogP contribution in [-0.4, -0.2) is 36.8 Å². The van der Waals surface area contributed by atoms with Crippen molar-refractivity contribution < 1.29 is 28.5 Å². The molecule has 2 atom stereocenters. The highest BCUT2D eigenvalue weighted by molar-refractivity contribution is 6.21. The molecule has 0 heterocycles. The molecule has 6 nitrogen and oxygen atoms in total. The zero-order valence-corrected chi connectivity index (χ0v) is 21.3. The van der Waals surface area contributed by atoms with Gasteiger partial charge >= 0.3 is 11.9 Å². The van der Waals surface area contributed by atoms with Crippen LogP contribution < -0.4 is 9.47 Å². The van der Waals surface area contributed by atoms with Crippen molar-refractivity contribution in [3.8, 4) is 11.5 Å². The number of carbonyl (C=O) groups is 2. The Morgan fingerprint density at radius 1 is 0.794 bits per heavy atom. The van der Waals surface area contributed by atoms with Crippen LogP contribution >= 0.6 is 11.6 Å². The number of ether oxygens (including phenoxy) is 4. The summed E-state index contributed by atoms with van der Waals surface area (Å²) < 4.78 is 22.8. The van der Waals surface area contributed by atoms with Crippen molar-refractivity contribution in [2.24, 2.45) is 0 Å². The molecule has 0 radical (unpaired) electrons. The van der Waals surface area contributed by atoms with E-state index in [1.165, 1.54) is 0 Å². The fourth-order valence-electron chi connectivity index (χ4n) is 3.44. The molecule has 7 heteroatoms. The molecule has 0 aliphatic heterocycles. The van der Waals surface area contributed by atoms with Crippen LogP contribution in [0.4, 0.5) is 0 Å². The summed E-state index contributed by atoms with van der Waals surface area (Å²) in [6.45, 7) is 6.93. The van der Waals surface area contributed by atoms with Gasteiger partial charge in [0.2, 0.25) is 0 Å². The highest BCUT2D eigenvalue weighted by Crippen LogP contribution is 2.35. The van der Waals surface area contributed by atoms with Gasteiger partial charge in [0.05, 0.1) is 5.39 Å². The number of hydrogen-bond acceptors (Lipinski definition) is 6. The van der Waals surface area contributed by atoms with Gasteiger partial charge in [-0.05, 0) is 36.8 Å². The maximum Gasteiger partial charge on any atom is 0.344 e. The fourth-order valence-corrected chi connectivity index (χ4v) is 3.70. The summed E-state index contributed by atoms with van der Waals surface area (Å²) in [4.78, 5) is 25.3. The zero-order chi connectivity index (χ0) is 24.8. The zero-order valence-electron chi connectivity index (χ0n) is 20.5. The first-order valence-corrected chi connectivity index (χ1v) is 12.8. The molecule has 0 aromatic heterocycles. The van der Waals surface area contributed by atoms with Crippen molar-refractivity contribution in [1.29, 1.82) is 0 Å². The lowest BCUT2D eigenvalue weighted by atomic mass is 10.1. The van der Waals surface area contributed by atoms with Gasteiger partial charge in [0.25, 0.3) is 0 Å². The fraction of sp³-hybridized carbons (Fsp3) is 0.556. The van der Waals surface area contributed by atoms with Crippen molar-refractivity contribution in [2.45, 2.75) is 83.8 Å². The Morgan fingerprint density at radius 3 is 1.97 bits per heavy atom. The predicted octanol–water partition coefficient (Wildman–Crippen LogP) is 6.80. The van der Waals surface area contributed by atoms with E-state index in [0.717, 1.165) is 43.9 Å². The molecule has 0 aliphatic carbocycles. The second-order valence-electron chi connectivity index (χ2n) is 8.18. The average molecular weight is 493 g/mol. The van der Waals surface area contributed by atoms with E-state index in [0.29, 0.717) is 37.2 Å². The van der Waals surface area contributed by atoms with Gasteiger partial charge in [0, 0.05) is 19.6 Å². The molecule has 0 amide bonds. The number of fused-ring (bicyclic) bond motifs is 1. The highest BCUT2D eigenvalue weighted by Gasteiger charge is 2.31. The van der Waals surface area contributed by atoms with E-state index in [-0.39, 0.29) is 11.7 Å². The van der Waals surface area contributed by atoms with Gasteiger partial charge in [-0.3, -0.25) is 4.79 Å². The topological polar surface area (TPSA) is 71.1 Å². The van der Waals surface area contributed by atoms with E-state index < -0.39 is 17.6 Å². The van der Waals surface area contributed by atoms with Crippen molar-refractivity contribution in [1.82, 2.24) is 0 Å². The quantitative estimate of drug-likeness (QED) is 0.111. The third-order valence-electron chi connectivity index (χ3n) is 5.26. The number of rotatable bonds is 16. The number of unbranched alkanes of at least 4 members (excludes halogenated alkanes) is 4. The van der Waals surface area contributed by atoms with E-state index >= 15 is 0 Å². The Bertz CT molecular complexity index is 895. The van der Waals surface area contributed by atoms with Crippen LogP contribution in [0, 0.1) is 0 Å². The Morgan fingerprint density at radius 2 is 1.38 bits per heavy atom. The summed E-state index contributed by atoms with van der Waals surface area (Å²) in [6.07, 6.45) is 5.66. The molecular weight excluding hydrogens is 456 g/mol. The molecule has 188 valence electrons. The first-order chi connectivity index (χ1) is 16.5. The predicted molar refractivity (Wildman–Crippen MR) is 135 cm³/mol. The lowest BCUT2D eigenvalue weighted by Gasteiger charge is -2.22. The second kappa shape index (κ2) is 15.7. The number of esters is 2. The lowest BCUT2D eigenvalue weighted by molar-refractivity contribution is -0.154. The number of hydrogen-bond donors (Lipinski definition) is 0. The van der Waals surface area contributed by atoms with E-state index in [1.54, 1.807) is 24.3 Å². The average Bonchev–Trinajstić information content (AvgIpc) is 2.82. The van der Waals surface area contributed by atoms with Crippen LogP contribution in [-0.2, 0) is 19.1 Å². The molecule has 0 fully saturated rings. The maximum atomic E-state index is 13.2. The minimum atomic E-state index is -1.08. The summed E-state index contributed by atoms with van der Waals surface area (Å²) in [5.41, 5.74) is -0.970. The smallest absolute Gasteiger partial charge is 0.344 e. The Labute approximate surface area is 207 Å². The largest absolute Gasteiger partial charge is 0.426 e. The summed E-state index contributed by atoms with van der Waals surface area (Å²) in [6, 6.07) is 10.7. The first kappa shape index (κ1) is 28.1. The van der Waals surface area contributed by atoms with E-state index in [1.807, 2.05) is 19.1 Å². The molecular formula is C27H37ClO6. The molecule has 0 bridgehead atoms. The minimum absolute atomic E-state index is 0.277. The van der Waals surface area contributed by atoms with Crippen molar-refractivity contribution in [3.05, 3.63) is 36.4 Å². The third kappa shape index (κ3) is 8.90. The molecule has 0 aliphatic rings. The van der Waals surface area contributed by atoms with Crippen molar-refractivity contribution in [2.75, 3.05) is 13.2 Å². The molecule has 2 aromatic rings. The van der Waals surface area contributed by atoms with Crippen LogP contribution in [0.15, 0.2) is 36.4 Å². The number of benzene rings is 2. The number of carbonyl (C=O) groups excluding carboxylic acids is 2. The Balaban J connectivity index is 2.23. The molecule has 34 heavy (non-hydrogen) atoms. The third-order valence-corrected chi connectivity index (χ3v) is 5.61. The normalized spacial score (nSPS) is 12.9. The summed E-state index contributed by atoms with van der Waals surface area (Å²) >= 11 is 6.44. The summed E-state index contributed by atoms with van der Waals surface area (Å²) in [5, 5.41) is 1.33. The monoisotopic (exact) mass is 492 g/mol. The highest BCUT2D eigenvalue weighted by atomic mass is 35.5. The minimum Gasteiger partial charge on any atom is -0.426 e. The van der Waals surface area contributed by atoms with E-state index in [2.05, 4.69) is 13.8 Å². The van der Waals surface area contributed by atoms with Crippen LogP contribution in [0.1, 0.15) is 72.1 Å². The van der Waals surface area contributed by atoms with Gasteiger partial charge in [0.1, 0.15) is 11.5 Å². The van der Waals surface area contributed by atoms with E-state index in [4.69, 9.17) is 30.5 Å². The Hall–Kier alpha value is -2.15. The maximum absolute atomic E-state index is 13.2. The molecule has 0 saturated heterocycles. The second-order valence-corrected chi connectivity index (χ2v) is 8.61. The van der Waals surface area contributed by atoms with Crippen LogP contribution in [0.3, 0.4) is 0 Å². The standard InChI is InChI=1S/C27H37ClO6/c1-4-7-9-18-31-25(26(28)32-19-10-8-5-2)27(30)34-22-17-12-15-20-14-11-16-21(24(20)22)33-23(29)13-6-3/h11-12,14-17,25-26H,4-10,13,18-19H2,1-3H3. The SMILES string of the molecule is CCCCCOC(Cl)C(OCCCCC)C(=O)Oc1cccc2cccc(OC(=O)CCC)c12. The van der Waals surface area contributed by atoms with Crippen LogP contribution in [0.5, 0.6) is 11.5 Å². The van der Waals surface area contributed by atoms with Crippen LogP contribution in [0.2, 0.25) is 0 Å². The Kier molecular flexibility index (Phi) is 13.0. The molecule has 0 spiro atoms. The van der Waals surface area contributed by atoms with Crippen LogP contribution in [0.25, 0.3) is 10.8 Å². The molecule has 2 aromatic carbocycles. The van der Waals surface area contributed by atoms with E-state index in [9.17, 15) is 9.59 Å². The first-order valence-electron chi connectivity index (χ1n) is 12.3. The van der Waals surface area contributed by atoms with Crippen molar-refractivity contribution >= 4 is 34.3 Å². The molecule has 2 rings (SSSR count). The van der Waals surface area contributed by atoms with Gasteiger partial charge < -0.3 is 18.9 Å². The molecule has 2 unspecified atom stereocenters. The number of halogens is 1. The van der Waals surface area contributed by atoms with Gasteiger partial charge in [-0.2, -0.15) is 0 Å². The van der Waals surface area contributed by atoms with Crippen molar-refractivity contribution in [3.63, 3.8) is 0 Å². The van der Waals surface area contributed by atoms with Gasteiger partial charge in [-0.25, -0.2) is 4.79 Å². The molecule has 0 saturated carbocycles. The summed E-state index contributed by atoms with van der Waals surface area (Å²) in [7, 11) is 0. The lowest BCUT2D eigenvalue weighted by Crippen LogP contribution is -2.38. The van der Waals surface area contributed by atoms with Gasteiger partial charge in [0.15, 0.2) is 11.7 Å².